The van der Waals surface area contributed by atoms with Gasteiger partial charge in [0, 0.05) is 0 Å². The summed E-state index contributed by atoms with van der Waals surface area (Å²) in [6.45, 7) is 7.38. The third-order valence-electron chi connectivity index (χ3n) is 4.15. The van der Waals surface area contributed by atoms with E-state index >= 15 is 0 Å². The van der Waals surface area contributed by atoms with Crippen molar-refractivity contribution in [3.8, 4) is 5.69 Å². The van der Waals surface area contributed by atoms with Crippen molar-refractivity contribution >= 4 is 11.9 Å². The number of carbonyl (C=O) groups excluding carboxylic acids is 1. The van der Waals surface area contributed by atoms with Crippen molar-refractivity contribution in [2.24, 2.45) is 5.92 Å². The van der Waals surface area contributed by atoms with E-state index in [1.54, 1.807) is 18.5 Å². The number of carboxylic acid groups (broad SMARTS) is 1. The molecule has 2 aromatic rings. The number of hydrogen-bond donors (Lipinski definition) is 2. The van der Waals surface area contributed by atoms with Crippen LogP contribution in [0.5, 0.6) is 0 Å². The highest BCUT2D eigenvalue weighted by Gasteiger charge is 2.28. The fourth-order valence-electron chi connectivity index (χ4n) is 2.36. The molecule has 0 radical (unpaired) electrons. The highest BCUT2D eigenvalue weighted by atomic mass is 16.4. The van der Waals surface area contributed by atoms with Gasteiger partial charge in [-0.2, -0.15) is 0 Å². The SMILES string of the molecule is CC[C@H](C)[C@H](NC(=O)c1nnn(-c2ccc(C)cc2)c1C)C(=O)O. The zero-order valence-electron chi connectivity index (χ0n) is 14.3. The number of aryl methyl sites for hydroxylation is 1. The van der Waals surface area contributed by atoms with Crippen LogP contribution in [0.1, 0.15) is 42.0 Å². The molecule has 7 heteroatoms. The van der Waals surface area contributed by atoms with E-state index in [0.29, 0.717) is 12.1 Å². The van der Waals surface area contributed by atoms with Crippen molar-refractivity contribution in [3.05, 3.63) is 41.2 Å². The second-order valence-electron chi connectivity index (χ2n) is 5.95. The number of nitrogens with zero attached hydrogens (tertiary/aromatic N) is 3. The smallest absolute Gasteiger partial charge is 0.326 e. The lowest BCUT2D eigenvalue weighted by Crippen LogP contribution is -2.45. The number of hydrogen-bond acceptors (Lipinski definition) is 4. The number of carbonyl (C=O) groups is 2. The van der Waals surface area contributed by atoms with E-state index in [1.165, 1.54) is 0 Å². The molecule has 2 rings (SSSR count). The number of amides is 1. The maximum atomic E-state index is 12.4. The van der Waals surface area contributed by atoms with Gasteiger partial charge in [0.25, 0.3) is 5.91 Å². The number of benzene rings is 1. The summed E-state index contributed by atoms with van der Waals surface area (Å²) in [4.78, 5) is 23.8. The van der Waals surface area contributed by atoms with Crippen molar-refractivity contribution < 1.29 is 14.7 Å². The van der Waals surface area contributed by atoms with Gasteiger partial charge in [-0.1, -0.05) is 43.2 Å². The molecule has 24 heavy (non-hydrogen) atoms. The average molecular weight is 330 g/mol. The Kier molecular flexibility index (Phi) is 5.33. The van der Waals surface area contributed by atoms with E-state index in [2.05, 4.69) is 15.6 Å². The molecule has 0 aliphatic rings. The van der Waals surface area contributed by atoms with Gasteiger partial charge in [-0.3, -0.25) is 4.79 Å². The fourth-order valence-corrected chi connectivity index (χ4v) is 2.36. The zero-order chi connectivity index (χ0) is 17.9. The zero-order valence-corrected chi connectivity index (χ0v) is 14.3. The monoisotopic (exact) mass is 330 g/mol. The Hall–Kier alpha value is -2.70. The predicted molar refractivity (Wildman–Crippen MR) is 89.2 cm³/mol. The first kappa shape index (κ1) is 17.7. The molecule has 1 amide bonds. The Morgan fingerprint density at radius 3 is 2.42 bits per heavy atom. The largest absolute Gasteiger partial charge is 0.480 e. The molecule has 0 saturated heterocycles. The second kappa shape index (κ2) is 7.25. The highest BCUT2D eigenvalue weighted by Crippen LogP contribution is 2.14. The quantitative estimate of drug-likeness (QED) is 0.845. The first-order valence-corrected chi connectivity index (χ1v) is 7.88. The van der Waals surface area contributed by atoms with Gasteiger partial charge < -0.3 is 10.4 Å². The molecule has 1 aromatic carbocycles. The molecule has 2 N–H and O–H groups in total. The lowest BCUT2D eigenvalue weighted by molar-refractivity contribution is -0.140. The van der Waals surface area contributed by atoms with Gasteiger partial charge in [-0.15, -0.1) is 5.10 Å². The first-order valence-electron chi connectivity index (χ1n) is 7.88. The lowest BCUT2D eigenvalue weighted by atomic mass is 9.99. The molecule has 0 aliphatic heterocycles. The summed E-state index contributed by atoms with van der Waals surface area (Å²) in [5, 5.41) is 19.8. The minimum atomic E-state index is -1.05. The van der Waals surface area contributed by atoms with Crippen LogP contribution in [0, 0.1) is 19.8 Å². The number of nitrogens with one attached hydrogen (secondary N) is 1. The van der Waals surface area contributed by atoms with Crippen LogP contribution in [0.25, 0.3) is 5.69 Å². The number of aliphatic carboxylic acids is 1. The van der Waals surface area contributed by atoms with E-state index in [0.717, 1.165) is 11.3 Å². The van der Waals surface area contributed by atoms with Crippen LogP contribution in [-0.4, -0.2) is 38.0 Å². The van der Waals surface area contributed by atoms with Crippen LogP contribution >= 0.6 is 0 Å². The number of rotatable bonds is 6. The van der Waals surface area contributed by atoms with Gasteiger partial charge in [0.15, 0.2) is 5.69 Å². The van der Waals surface area contributed by atoms with Crippen LogP contribution in [-0.2, 0) is 4.79 Å². The van der Waals surface area contributed by atoms with Crippen molar-refractivity contribution in [3.63, 3.8) is 0 Å². The Morgan fingerprint density at radius 1 is 1.25 bits per heavy atom. The van der Waals surface area contributed by atoms with E-state index in [-0.39, 0.29) is 11.6 Å². The summed E-state index contributed by atoms with van der Waals surface area (Å²) in [5.74, 6) is -1.77. The molecule has 7 nitrogen and oxygen atoms in total. The Morgan fingerprint density at radius 2 is 1.88 bits per heavy atom. The van der Waals surface area contributed by atoms with Crippen LogP contribution in [0.15, 0.2) is 24.3 Å². The van der Waals surface area contributed by atoms with Crippen LogP contribution in [0.2, 0.25) is 0 Å². The van der Waals surface area contributed by atoms with E-state index in [4.69, 9.17) is 0 Å². The molecular weight excluding hydrogens is 308 g/mol. The maximum Gasteiger partial charge on any atom is 0.326 e. The van der Waals surface area contributed by atoms with E-state index in [1.807, 2.05) is 38.1 Å². The van der Waals surface area contributed by atoms with E-state index in [9.17, 15) is 14.7 Å². The van der Waals surface area contributed by atoms with Crippen LogP contribution < -0.4 is 5.32 Å². The molecule has 0 spiro atoms. The van der Waals surface area contributed by atoms with Crippen molar-refractivity contribution in [1.29, 1.82) is 0 Å². The van der Waals surface area contributed by atoms with Crippen LogP contribution in [0.3, 0.4) is 0 Å². The fraction of sp³-hybridized carbons (Fsp3) is 0.412. The summed E-state index contributed by atoms with van der Waals surface area (Å²) in [6, 6.07) is 6.71. The van der Waals surface area contributed by atoms with Gasteiger partial charge >= 0.3 is 5.97 Å². The summed E-state index contributed by atoms with van der Waals surface area (Å²) in [7, 11) is 0. The van der Waals surface area contributed by atoms with Gasteiger partial charge in [0.1, 0.15) is 6.04 Å². The Balaban J connectivity index is 2.25. The molecule has 0 saturated carbocycles. The summed E-state index contributed by atoms with van der Waals surface area (Å²) < 4.78 is 1.56. The van der Waals surface area contributed by atoms with E-state index < -0.39 is 17.9 Å². The van der Waals surface area contributed by atoms with Crippen molar-refractivity contribution in [2.45, 2.75) is 40.2 Å². The Labute approximate surface area is 140 Å². The Bertz CT molecular complexity index is 737. The van der Waals surface area contributed by atoms with Crippen molar-refractivity contribution in [2.75, 3.05) is 0 Å². The van der Waals surface area contributed by atoms with Crippen molar-refractivity contribution in [1.82, 2.24) is 20.3 Å². The minimum Gasteiger partial charge on any atom is -0.480 e. The molecule has 1 heterocycles. The summed E-state index contributed by atoms with van der Waals surface area (Å²) >= 11 is 0. The molecule has 0 bridgehead atoms. The molecular formula is C17H22N4O3. The molecule has 128 valence electrons. The molecule has 0 unspecified atom stereocenters. The molecule has 0 fully saturated rings. The predicted octanol–water partition coefficient (Wildman–Crippen LogP) is 2.11. The first-order chi connectivity index (χ1) is 11.3. The van der Waals surface area contributed by atoms with Crippen LogP contribution in [0.4, 0.5) is 0 Å². The third-order valence-corrected chi connectivity index (χ3v) is 4.15. The van der Waals surface area contributed by atoms with Gasteiger partial charge in [-0.25, -0.2) is 9.48 Å². The summed E-state index contributed by atoms with van der Waals surface area (Å²) in [5.41, 5.74) is 2.60. The highest BCUT2D eigenvalue weighted by molar-refractivity contribution is 5.95. The normalized spacial score (nSPS) is 13.3. The topological polar surface area (TPSA) is 97.1 Å². The molecule has 2 atom stereocenters. The maximum absolute atomic E-state index is 12.4. The lowest BCUT2D eigenvalue weighted by Gasteiger charge is -2.19. The number of aromatic nitrogens is 3. The molecule has 1 aromatic heterocycles. The van der Waals surface area contributed by atoms with Gasteiger partial charge in [0.05, 0.1) is 11.4 Å². The third kappa shape index (κ3) is 3.61. The standard InChI is InChI=1S/C17H22N4O3/c1-5-11(3)14(17(23)24)18-16(22)15-12(4)21(20-19-15)13-8-6-10(2)7-9-13/h6-9,11,14H,5H2,1-4H3,(H,18,22)(H,23,24)/t11-,14-/m0/s1. The number of carboxylic acids is 1. The summed E-state index contributed by atoms with van der Waals surface area (Å²) in [6.07, 6.45) is 0.645. The molecule has 0 aliphatic carbocycles. The minimum absolute atomic E-state index is 0.130. The van der Waals surface area contributed by atoms with Gasteiger partial charge in [-0.05, 0) is 31.9 Å². The second-order valence-corrected chi connectivity index (χ2v) is 5.95. The van der Waals surface area contributed by atoms with Gasteiger partial charge in [0.2, 0.25) is 0 Å². The average Bonchev–Trinajstić information content (AvgIpc) is 2.94.